The molecule has 1 aromatic rings. The molecule has 3 heteroatoms. The summed E-state index contributed by atoms with van der Waals surface area (Å²) in [5.74, 6) is 1.53. The minimum absolute atomic E-state index is 0.107. The zero-order valence-corrected chi connectivity index (χ0v) is 8.43. The van der Waals surface area contributed by atoms with Gasteiger partial charge in [0.15, 0.2) is 5.60 Å². The zero-order valence-electron chi connectivity index (χ0n) is 8.43. The van der Waals surface area contributed by atoms with Gasteiger partial charge in [-0.05, 0) is 5.56 Å². The SMILES string of the molecule is C#CC[C@@](O)(C(=O)OC)c1ccccc1. The molecule has 0 unspecified atom stereocenters. The van der Waals surface area contributed by atoms with E-state index in [1.807, 2.05) is 0 Å². The largest absolute Gasteiger partial charge is 0.467 e. The lowest BCUT2D eigenvalue weighted by molar-refractivity contribution is -0.163. The molecule has 3 nitrogen and oxygen atoms in total. The fourth-order valence-corrected chi connectivity index (χ4v) is 1.32. The second-order valence-corrected chi connectivity index (χ2v) is 3.10. The van der Waals surface area contributed by atoms with Gasteiger partial charge in [0.25, 0.3) is 0 Å². The summed E-state index contributed by atoms with van der Waals surface area (Å²) >= 11 is 0. The molecule has 78 valence electrons. The molecule has 0 fully saturated rings. The van der Waals surface area contributed by atoms with Crippen LogP contribution >= 0.6 is 0 Å². The molecule has 0 amide bonds. The van der Waals surface area contributed by atoms with Crippen molar-refractivity contribution < 1.29 is 14.6 Å². The second-order valence-electron chi connectivity index (χ2n) is 3.10. The van der Waals surface area contributed by atoms with Gasteiger partial charge >= 0.3 is 5.97 Å². The third-order valence-electron chi connectivity index (χ3n) is 2.13. The number of esters is 1. The molecule has 0 spiro atoms. The molecule has 0 bridgehead atoms. The Kier molecular flexibility index (Phi) is 3.48. The van der Waals surface area contributed by atoms with Gasteiger partial charge in [0.05, 0.1) is 13.5 Å². The number of ether oxygens (including phenoxy) is 1. The molecule has 0 radical (unpaired) electrons. The van der Waals surface area contributed by atoms with Crippen LogP contribution in [0.15, 0.2) is 30.3 Å². The molecule has 0 saturated carbocycles. The van der Waals surface area contributed by atoms with Crippen molar-refractivity contribution in [2.75, 3.05) is 7.11 Å². The highest BCUT2D eigenvalue weighted by atomic mass is 16.5. The summed E-state index contributed by atoms with van der Waals surface area (Å²) in [6, 6.07) is 8.50. The third kappa shape index (κ3) is 2.17. The first kappa shape index (κ1) is 11.3. The van der Waals surface area contributed by atoms with Crippen LogP contribution in [0.5, 0.6) is 0 Å². The topological polar surface area (TPSA) is 46.5 Å². The van der Waals surface area contributed by atoms with Crippen LogP contribution in [0.25, 0.3) is 0 Å². The number of hydrogen-bond acceptors (Lipinski definition) is 3. The number of benzene rings is 1. The highest BCUT2D eigenvalue weighted by molar-refractivity contribution is 5.81. The first-order chi connectivity index (χ1) is 7.15. The Hall–Kier alpha value is -1.79. The number of carbonyl (C=O) groups excluding carboxylic acids is 1. The van der Waals surface area contributed by atoms with Gasteiger partial charge in [-0.1, -0.05) is 30.3 Å². The summed E-state index contributed by atoms with van der Waals surface area (Å²) in [7, 11) is 1.22. The molecule has 0 aliphatic rings. The van der Waals surface area contributed by atoms with E-state index in [0.717, 1.165) is 0 Å². The minimum atomic E-state index is -1.75. The number of aliphatic hydroxyl groups is 1. The van der Waals surface area contributed by atoms with Crippen molar-refractivity contribution in [3.63, 3.8) is 0 Å². The molecule has 1 aromatic carbocycles. The number of hydrogen-bond donors (Lipinski definition) is 1. The first-order valence-corrected chi connectivity index (χ1v) is 4.45. The van der Waals surface area contributed by atoms with Gasteiger partial charge in [-0.3, -0.25) is 0 Å². The molecule has 15 heavy (non-hydrogen) atoms. The Bertz CT molecular complexity index is 378. The summed E-state index contributed by atoms with van der Waals surface area (Å²) in [5.41, 5.74) is -1.31. The Morgan fingerprint density at radius 1 is 1.53 bits per heavy atom. The summed E-state index contributed by atoms with van der Waals surface area (Å²) in [4.78, 5) is 11.5. The van der Waals surface area contributed by atoms with E-state index in [1.165, 1.54) is 7.11 Å². The number of terminal acetylenes is 1. The molecule has 0 heterocycles. The molecule has 0 saturated heterocycles. The van der Waals surface area contributed by atoms with E-state index in [1.54, 1.807) is 30.3 Å². The van der Waals surface area contributed by atoms with E-state index in [0.29, 0.717) is 5.56 Å². The van der Waals surface area contributed by atoms with Crippen LogP contribution in [0.1, 0.15) is 12.0 Å². The number of carbonyl (C=O) groups is 1. The smallest absolute Gasteiger partial charge is 0.343 e. The van der Waals surface area contributed by atoms with E-state index >= 15 is 0 Å². The third-order valence-corrected chi connectivity index (χ3v) is 2.13. The van der Waals surface area contributed by atoms with Crippen LogP contribution in [-0.2, 0) is 15.1 Å². The van der Waals surface area contributed by atoms with Crippen molar-refractivity contribution in [2.45, 2.75) is 12.0 Å². The molecule has 1 atom stereocenters. The van der Waals surface area contributed by atoms with Gasteiger partial charge in [0, 0.05) is 0 Å². The van der Waals surface area contributed by atoms with Gasteiger partial charge in [0.2, 0.25) is 0 Å². The zero-order chi connectivity index (χ0) is 11.3. The van der Waals surface area contributed by atoms with E-state index in [2.05, 4.69) is 10.7 Å². The summed E-state index contributed by atoms with van der Waals surface area (Å²) < 4.78 is 4.54. The maximum Gasteiger partial charge on any atom is 0.343 e. The van der Waals surface area contributed by atoms with Crippen LogP contribution < -0.4 is 0 Å². The Labute approximate surface area is 88.7 Å². The minimum Gasteiger partial charge on any atom is -0.467 e. The first-order valence-electron chi connectivity index (χ1n) is 4.45. The maximum absolute atomic E-state index is 11.5. The predicted octanol–water partition coefficient (Wildman–Crippen LogP) is 1.07. The fourth-order valence-electron chi connectivity index (χ4n) is 1.32. The summed E-state index contributed by atoms with van der Waals surface area (Å²) in [6.07, 6.45) is 5.02. The van der Waals surface area contributed by atoms with E-state index < -0.39 is 11.6 Å². The maximum atomic E-state index is 11.5. The van der Waals surface area contributed by atoms with E-state index in [9.17, 15) is 9.90 Å². The van der Waals surface area contributed by atoms with Crippen LogP contribution in [0, 0.1) is 12.3 Å². The molecular formula is C12H12O3. The van der Waals surface area contributed by atoms with Crippen LogP contribution in [0.4, 0.5) is 0 Å². The van der Waals surface area contributed by atoms with Crippen molar-refractivity contribution >= 4 is 5.97 Å². The van der Waals surface area contributed by atoms with Crippen LogP contribution in [-0.4, -0.2) is 18.2 Å². The van der Waals surface area contributed by atoms with Gasteiger partial charge in [-0.25, -0.2) is 4.79 Å². The average molecular weight is 204 g/mol. The van der Waals surface area contributed by atoms with Crippen molar-refractivity contribution in [3.05, 3.63) is 35.9 Å². The lowest BCUT2D eigenvalue weighted by Crippen LogP contribution is -2.36. The molecule has 1 rings (SSSR count). The van der Waals surface area contributed by atoms with Gasteiger partial charge < -0.3 is 9.84 Å². The van der Waals surface area contributed by atoms with Gasteiger partial charge in [-0.15, -0.1) is 12.3 Å². The van der Waals surface area contributed by atoms with Crippen molar-refractivity contribution in [2.24, 2.45) is 0 Å². The lowest BCUT2D eigenvalue weighted by Gasteiger charge is -2.23. The van der Waals surface area contributed by atoms with E-state index in [-0.39, 0.29) is 6.42 Å². The summed E-state index contributed by atoms with van der Waals surface area (Å²) in [5, 5.41) is 10.1. The molecular weight excluding hydrogens is 192 g/mol. The molecule has 1 N–H and O–H groups in total. The van der Waals surface area contributed by atoms with Crippen molar-refractivity contribution in [3.8, 4) is 12.3 Å². The van der Waals surface area contributed by atoms with Crippen molar-refractivity contribution in [1.29, 1.82) is 0 Å². The molecule has 0 aliphatic carbocycles. The Morgan fingerprint density at radius 2 is 2.13 bits per heavy atom. The highest BCUT2D eigenvalue weighted by Crippen LogP contribution is 2.25. The lowest BCUT2D eigenvalue weighted by atomic mass is 9.91. The highest BCUT2D eigenvalue weighted by Gasteiger charge is 2.38. The monoisotopic (exact) mass is 204 g/mol. The quantitative estimate of drug-likeness (QED) is 0.591. The van der Waals surface area contributed by atoms with Gasteiger partial charge in [0.1, 0.15) is 0 Å². The van der Waals surface area contributed by atoms with Crippen LogP contribution in [0.2, 0.25) is 0 Å². The number of methoxy groups -OCH3 is 1. The average Bonchev–Trinajstić information content (AvgIpc) is 2.29. The van der Waals surface area contributed by atoms with E-state index in [4.69, 9.17) is 6.42 Å². The fraction of sp³-hybridized carbons (Fsp3) is 0.250. The Balaban J connectivity index is 3.13. The van der Waals surface area contributed by atoms with Crippen LogP contribution in [0.3, 0.4) is 0 Å². The Morgan fingerprint density at radius 3 is 2.60 bits per heavy atom. The molecule has 0 aliphatic heterocycles. The summed E-state index contributed by atoms with van der Waals surface area (Å²) in [6.45, 7) is 0. The second kappa shape index (κ2) is 4.63. The standard InChI is InChI=1S/C12H12O3/c1-3-9-12(14,11(13)15-2)10-7-5-4-6-8-10/h1,4-8,14H,9H2,2H3/t12-/m0/s1. The normalized spacial score (nSPS) is 13.7. The van der Waals surface area contributed by atoms with Gasteiger partial charge in [-0.2, -0.15) is 0 Å². The predicted molar refractivity (Wildman–Crippen MR) is 55.8 cm³/mol. The number of rotatable bonds is 3. The molecule has 0 aromatic heterocycles. The van der Waals surface area contributed by atoms with Crippen molar-refractivity contribution in [1.82, 2.24) is 0 Å².